The molecule has 142 valence electrons. The van der Waals surface area contributed by atoms with Crippen molar-refractivity contribution < 1.29 is 4.74 Å². The Kier molecular flexibility index (Phi) is 4.87. The SMILES string of the molecule is Cc1cc2c(c(C)n1)OCCc1c-2[nH]c2ccc(C3CCNCC3)cc12.Cl. The van der Waals surface area contributed by atoms with Crippen molar-refractivity contribution in [1.82, 2.24) is 15.3 Å². The minimum absolute atomic E-state index is 0. The Morgan fingerprint density at radius 3 is 2.74 bits per heavy atom. The molecule has 0 radical (unpaired) electrons. The Bertz CT molecular complexity index is 989. The molecule has 2 aromatic heterocycles. The van der Waals surface area contributed by atoms with Crippen LogP contribution in [-0.4, -0.2) is 29.7 Å². The summed E-state index contributed by atoms with van der Waals surface area (Å²) in [5.41, 5.74) is 8.47. The third-order valence-corrected chi connectivity index (χ3v) is 5.88. The zero-order valence-electron chi connectivity index (χ0n) is 15.9. The predicted octanol–water partition coefficient (Wildman–Crippen LogP) is 4.67. The third-order valence-electron chi connectivity index (χ3n) is 5.88. The summed E-state index contributed by atoms with van der Waals surface area (Å²) in [5.74, 6) is 1.61. The predicted molar refractivity (Wildman–Crippen MR) is 112 cm³/mol. The number of halogens is 1. The first-order valence-corrected chi connectivity index (χ1v) is 9.67. The van der Waals surface area contributed by atoms with Crippen molar-refractivity contribution in [3.63, 3.8) is 0 Å². The first-order chi connectivity index (χ1) is 12.7. The summed E-state index contributed by atoms with van der Waals surface area (Å²) in [7, 11) is 0. The molecule has 5 rings (SSSR count). The van der Waals surface area contributed by atoms with Crippen LogP contribution in [0.25, 0.3) is 22.2 Å². The molecule has 2 N–H and O–H groups in total. The average molecular weight is 384 g/mol. The molecule has 0 bridgehead atoms. The summed E-state index contributed by atoms with van der Waals surface area (Å²) in [6.45, 7) is 7.04. The summed E-state index contributed by atoms with van der Waals surface area (Å²) in [4.78, 5) is 8.26. The van der Waals surface area contributed by atoms with Crippen molar-refractivity contribution in [1.29, 1.82) is 0 Å². The number of hydrogen-bond donors (Lipinski definition) is 2. The van der Waals surface area contributed by atoms with Crippen LogP contribution in [0.5, 0.6) is 5.75 Å². The minimum Gasteiger partial charge on any atom is -0.491 e. The van der Waals surface area contributed by atoms with Gasteiger partial charge in [-0.25, -0.2) is 0 Å². The van der Waals surface area contributed by atoms with E-state index in [2.05, 4.69) is 46.5 Å². The van der Waals surface area contributed by atoms with E-state index in [0.29, 0.717) is 12.5 Å². The molecule has 1 fully saturated rings. The average Bonchev–Trinajstić information content (AvgIpc) is 2.91. The van der Waals surface area contributed by atoms with Crippen LogP contribution in [-0.2, 0) is 6.42 Å². The van der Waals surface area contributed by atoms with Gasteiger partial charge in [-0.15, -0.1) is 12.4 Å². The molecule has 4 heterocycles. The fourth-order valence-corrected chi connectivity index (χ4v) is 4.60. The topological polar surface area (TPSA) is 49.9 Å². The molecular weight excluding hydrogens is 358 g/mol. The molecule has 1 saturated heterocycles. The number of hydrogen-bond acceptors (Lipinski definition) is 3. The quantitative estimate of drug-likeness (QED) is 0.642. The van der Waals surface area contributed by atoms with Gasteiger partial charge in [-0.3, -0.25) is 4.98 Å². The molecule has 27 heavy (non-hydrogen) atoms. The maximum absolute atomic E-state index is 6.08. The van der Waals surface area contributed by atoms with E-state index < -0.39 is 0 Å². The van der Waals surface area contributed by atoms with E-state index in [1.807, 2.05) is 6.92 Å². The molecule has 4 nitrogen and oxygen atoms in total. The van der Waals surface area contributed by atoms with E-state index in [0.717, 1.165) is 42.2 Å². The monoisotopic (exact) mass is 383 g/mol. The maximum atomic E-state index is 6.08. The van der Waals surface area contributed by atoms with Gasteiger partial charge in [0, 0.05) is 28.6 Å². The van der Waals surface area contributed by atoms with Gasteiger partial charge in [-0.1, -0.05) is 6.07 Å². The van der Waals surface area contributed by atoms with Crippen LogP contribution < -0.4 is 10.1 Å². The van der Waals surface area contributed by atoms with Crippen molar-refractivity contribution >= 4 is 23.3 Å². The first kappa shape index (κ1) is 18.3. The molecule has 1 aromatic carbocycles. The molecule has 2 aliphatic rings. The Morgan fingerprint density at radius 2 is 1.93 bits per heavy atom. The lowest BCUT2D eigenvalue weighted by Crippen LogP contribution is -2.26. The van der Waals surface area contributed by atoms with Gasteiger partial charge in [0.2, 0.25) is 0 Å². The van der Waals surface area contributed by atoms with Gasteiger partial charge in [0.1, 0.15) is 5.75 Å². The van der Waals surface area contributed by atoms with E-state index in [1.165, 1.54) is 40.6 Å². The van der Waals surface area contributed by atoms with Gasteiger partial charge in [-0.2, -0.15) is 0 Å². The molecule has 0 saturated carbocycles. The lowest BCUT2D eigenvalue weighted by atomic mass is 9.89. The molecular formula is C22H26ClN3O. The third kappa shape index (κ3) is 3.11. The van der Waals surface area contributed by atoms with Crippen LogP contribution in [0.3, 0.4) is 0 Å². The van der Waals surface area contributed by atoms with Crippen molar-refractivity contribution in [3.8, 4) is 17.0 Å². The van der Waals surface area contributed by atoms with Crippen LogP contribution in [0.1, 0.15) is 41.3 Å². The Balaban J connectivity index is 0.00000180. The minimum atomic E-state index is 0. The lowest BCUT2D eigenvalue weighted by Gasteiger charge is -2.23. The van der Waals surface area contributed by atoms with Crippen LogP contribution >= 0.6 is 12.4 Å². The van der Waals surface area contributed by atoms with Crippen LogP contribution in [0.4, 0.5) is 0 Å². The zero-order chi connectivity index (χ0) is 17.7. The molecule has 3 aromatic rings. The lowest BCUT2D eigenvalue weighted by molar-refractivity contribution is 0.323. The number of H-pyrrole nitrogens is 1. The highest BCUT2D eigenvalue weighted by molar-refractivity contribution is 5.93. The van der Waals surface area contributed by atoms with Crippen molar-refractivity contribution in [2.45, 2.75) is 39.0 Å². The number of nitrogens with one attached hydrogen (secondary N) is 2. The number of benzene rings is 1. The Hall–Kier alpha value is -2.04. The normalized spacial score (nSPS) is 16.8. The highest BCUT2D eigenvalue weighted by Crippen LogP contribution is 2.41. The van der Waals surface area contributed by atoms with E-state index in [1.54, 1.807) is 0 Å². The second-order valence-electron chi connectivity index (χ2n) is 7.63. The first-order valence-electron chi connectivity index (χ1n) is 9.67. The van der Waals surface area contributed by atoms with E-state index in [4.69, 9.17) is 4.74 Å². The number of aromatic nitrogens is 2. The Labute approximate surface area is 166 Å². The van der Waals surface area contributed by atoms with Crippen LogP contribution in [0, 0.1) is 13.8 Å². The summed E-state index contributed by atoms with van der Waals surface area (Å²) in [6.07, 6.45) is 3.39. The number of fused-ring (bicyclic) bond motifs is 5. The van der Waals surface area contributed by atoms with E-state index in [9.17, 15) is 0 Å². The largest absolute Gasteiger partial charge is 0.491 e. The second kappa shape index (κ2) is 7.17. The summed E-state index contributed by atoms with van der Waals surface area (Å²) < 4.78 is 6.08. The molecule has 0 amide bonds. The van der Waals surface area contributed by atoms with Gasteiger partial charge in [0.15, 0.2) is 0 Å². The zero-order valence-corrected chi connectivity index (χ0v) is 16.7. The fraction of sp³-hybridized carbons (Fsp3) is 0.409. The van der Waals surface area contributed by atoms with Crippen molar-refractivity contribution in [2.24, 2.45) is 0 Å². The summed E-state index contributed by atoms with van der Waals surface area (Å²) in [5, 5.41) is 4.83. The highest BCUT2D eigenvalue weighted by atomic mass is 35.5. The maximum Gasteiger partial charge on any atom is 0.149 e. The number of aromatic amines is 1. The second-order valence-corrected chi connectivity index (χ2v) is 7.63. The number of ether oxygens (including phenoxy) is 1. The molecule has 0 atom stereocenters. The number of pyridine rings is 1. The molecule has 2 aliphatic heterocycles. The van der Waals surface area contributed by atoms with Gasteiger partial charge in [0.25, 0.3) is 0 Å². The van der Waals surface area contributed by atoms with Gasteiger partial charge >= 0.3 is 0 Å². The van der Waals surface area contributed by atoms with Crippen LogP contribution in [0.2, 0.25) is 0 Å². The summed E-state index contributed by atoms with van der Waals surface area (Å²) >= 11 is 0. The van der Waals surface area contributed by atoms with Crippen molar-refractivity contribution in [3.05, 3.63) is 46.8 Å². The highest BCUT2D eigenvalue weighted by Gasteiger charge is 2.23. The van der Waals surface area contributed by atoms with Gasteiger partial charge in [0.05, 0.1) is 18.0 Å². The van der Waals surface area contributed by atoms with Gasteiger partial charge in [-0.05, 0) is 75.0 Å². The number of aryl methyl sites for hydroxylation is 2. The molecule has 0 spiro atoms. The number of nitrogens with zero attached hydrogens (tertiary/aromatic N) is 1. The summed E-state index contributed by atoms with van der Waals surface area (Å²) in [6, 6.07) is 9.15. The van der Waals surface area contributed by atoms with E-state index >= 15 is 0 Å². The number of piperidine rings is 1. The Morgan fingerprint density at radius 1 is 1.11 bits per heavy atom. The number of rotatable bonds is 1. The van der Waals surface area contributed by atoms with Gasteiger partial charge < -0.3 is 15.0 Å². The van der Waals surface area contributed by atoms with Crippen LogP contribution in [0.15, 0.2) is 24.3 Å². The standard InChI is InChI=1S/C22H25N3O.ClH/c1-13-11-19-21-17(7-10-26-22(19)14(2)24-13)18-12-16(3-4-20(18)25-21)15-5-8-23-9-6-15;/h3-4,11-12,15,23,25H,5-10H2,1-2H3;1H. The molecule has 0 unspecified atom stereocenters. The molecule has 5 heteroatoms. The smallest absolute Gasteiger partial charge is 0.149 e. The molecule has 0 aliphatic carbocycles. The van der Waals surface area contributed by atoms with E-state index in [-0.39, 0.29) is 12.4 Å². The fourth-order valence-electron chi connectivity index (χ4n) is 4.60. The van der Waals surface area contributed by atoms with Crippen molar-refractivity contribution in [2.75, 3.05) is 19.7 Å².